The third kappa shape index (κ3) is 2.72. The molecule has 90 valence electrons. The van der Waals surface area contributed by atoms with Crippen LogP contribution in [0.3, 0.4) is 0 Å². The Labute approximate surface area is 100 Å². The molecule has 1 N–H and O–H groups in total. The molecule has 1 heterocycles. The van der Waals surface area contributed by atoms with E-state index in [4.69, 9.17) is 9.84 Å². The Morgan fingerprint density at radius 3 is 2.82 bits per heavy atom. The molecule has 1 aromatic carbocycles. The topological polar surface area (TPSA) is 47.3 Å². The van der Waals surface area contributed by atoms with Gasteiger partial charge in [-0.25, -0.2) is 4.68 Å². The van der Waals surface area contributed by atoms with Crippen molar-refractivity contribution in [1.82, 2.24) is 9.78 Å². The average molecular weight is 232 g/mol. The minimum absolute atomic E-state index is 0.0345. The van der Waals surface area contributed by atoms with Gasteiger partial charge in [-0.2, -0.15) is 5.10 Å². The van der Waals surface area contributed by atoms with Gasteiger partial charge in [-0.05, 0) is 24.1 Å². The van der Waals surface area contributed by atoms with E-state index < -0.39 is 0 Å². The van der Waals surface area contributed by atoms with E-state index in [9.17, 15) is 0 Å². The van der Waals surface area contributed by atoms with Crippen molar-refractivity contribution in [2.75, 3.05) is 13.7 Å². The van der Waals surface area contributed by atoms with E-state index in [1.807, 2.05) is 30.5 Å². The Kier molecular flexibility index (Phi) is 3.90. The van der Waals surface area contributed by atoms with Gasteiger partial charge in [-0.3, -0.25) is 0 Å². The maximum Gasteiger partial charge on any atom is 0.0883 e. The molecule has 0 amide bonds. The second-order valence-electron chi connectivity index (χ2n) is 3.78. The van der Waals surface area contributed by atoms with Crippen molar-refractivity contribution in [2.24, 2.45) is 0 Å². The lowest BCUT2D eigenvalue weighted by atomic mass is 10.1. The van der Waals surface area contributed by atoms with Crippen LogP contribution in [-0.4, -0.2) is 28.6 Å². The second-order valence-corrected chi connectivity index (χ2v) is 3.78. The van der Waals surface area contributed by atoms with E-state index in [1.165, 1.54) is 5.56 Å². The van der Waals surface area contributed by atoms with Crippen LogP contribution in [0.2, 0.25) is 0 Å². The molecule has 0 saturated heterocycles. The normalized spacial score (nSPS) is 10.7. The highest BCUT2D eigenvalue weighted by Gasteiger charge is 2.05. The lowest BCUT2D eigenvalue weighted by Crippen LogP contribution is -2.03. The van der Waals surface area contributed by atoms with E-state index in [2.05, 4.69) is 11.2 Å². The monoisotopic (exact) mass is 232 g/mol. The zero-order valence-electron chi connectivity index (χ0n) is 9.84. The zero-order chi connectivity index (χ0) is 12.1. The van der Waals surface area contributed by atoms with Gasteiger partial charge in [0.15, 0.2) is 0 Å². The highest BCUT2D eigenvalue weighted by atomic mass is 16.5. The number of rotatable bonds is 5. The van der Waals surface area contributed by atoms with Crippen LogP contribution in [0.5, 0.6) is 0 Å². The third-order valence-corrected chi connectivity index (χ3v) is 2.62. The Balaban J connectivity index is 2.30. The van der Waals surface area contributed by atoms with Crippen LogP contribution in [0.25, 0.3) is 5.69 Å². The van der Waals surface area contributed by atoms with E-state index in [1.54, 1.807) is 11.8 Å². The lowest BCUT2D eigenvalue weighted by molar-refractivity contribution is 0.202. The van der Waals surface area contributed by atoms with Gasteiger partial charge in [0.1, 0.15) is 0 Å². The number of methoxy groups -OCH3 is 1. The van der Waals surface area contributed by atoms with Crippen molar-refractivity contribution in [3.05, 3.63) is 47.8 Å². The molecule has 2 aromatic rings. The first kappa shape index (κ1) is 11.8. The summed E-state index contributed by atoms with van der Waals surface area (Å²) in [5.41, 5.74) is 2.89. The van der Waals surface area contributed by atoms with Crippen LogP contribution in [0, 0.1) is 0 Å². The summed E-state index contributed by atoms with van der Waals surface area (Å²) < 4.78 is 6.88. The minimum atomic E-state index is -0.0345. The number of ether oxygens (including phenoxy) is 1. The molecule has 2 rings (SSSR count). The van der Waals surface area contributed by atoms with Crippen LogP contribution in [-0.2, 0) is 17.8 Å². The Morgan fingerprint density at radius 2 is 2.12 bits per heavy atom. The number of hydrogen-bond donors (Lipinski definition) is 1. The van der Waals surface area contributed by atoms with Gasteiger partial charge >= 0.3 is 0 Å². The van der Waals surface area contributed by atoms with Crippen molar-refractivity contribution in [2.45, 2.75) is 13.0 Å². The Morgan fingerprint density at radius 1 is 1.29 bits per heavy atom. The molecule has 1 aromatic heterocycles. The van der Waals surface area contributed by atoms with Gasteiger partial charge < -0.3 is 9.84 Å². The van der Waals surface area contributed by atoms with Gasteiger partial charge in [0.05, 0.1) is 24.6 Å². The molecule has 0 aliphatic rings. The number of aliphatic hydroxyl groups excluding tert-OH is 1. The van der Waals surface area contributed by atoms with Gasteiger partial charge in [-0.15, -0.1) is 0 Å². The molecule has 4 nitrogen and oxygen atoms in total. The molecule has 0 bridgehead atoms. The number of hydrogen-bond acceptors (Lipinski definition) is 3. The van der Waals surface area contributed by atoms with E-state index >= 15 is 0 Å². The first-order valence-electron chi connectivity index (χ1n) is 5.58. The molecule has 0 atom stereocenters. The van der Waals surface area contributed by atoms with Gasteiger partial charge in [-0.1, -0.05) is 18.2 Å². The molecule has 0 aliphatic heterocycles. The Bertz CT molecular complexity index is 480. The molecule has 0 fully saturated rings. The molecule has 0 spiro atoms. The largest absolute Gasteiger partial charge is 0.390 e. The van der Waals surface area contributed by atoms with Crippen molar-refractivity contribution in [3.63, 3.8) is 0 Å². The van der Waals surface area contributed by atoms with Crippen LogP contribution >= 0.6 is 0 Å². The number of para-hydroxylation sites is 1. The molecule has 17 heavy (non-hydrogen) atoms. The summed E-state index contributed by atoms with van der Waals surface area (Å²) in [5.74, 6) is 0. The third-order valence-electron chi connectivity index (χ3n) is 2.62. The lowest BCUT2D eigenvalue weighted by Gasteiger charge is -2.08. The molecule has 0 saturated carbocycles. The van der Waals surface area contributed by atoms with Gasteiger partial charge in [0, 0.05) is 13.3 Å². The fraction of sp³-hybridized carbons (Fsp3) is 0.308. The predicted octanol–water partition coefficient (Wildman–Crippen LogP) is 1.55. The number of nitrogens with zero attached hydrogens (tertiary/aromatic N) is 2. The number of aliphatic hydroxyl groups is 1. The first-order chi connectivity index (χ1) is 8.35. The fourth-order valence-electron chi connectivity index (χ4n) is 1.74. The SMILES string of the molecule is COCCc1ccccc1-n1ccc(CO)n1. The highest BCUT2D eigenvalue weighted by molar-refractivity contribution is 5.40. The minimum Gasteiger partial charge on any atom is -0.390 e. The predicted molar refractivity (Wildman–Crippen MR) is 65.1 cm³/mol. The van der Waals surface area contributed by atoms with Gasteiger partial charge in [0.2, 0.25) is 0 Å². The maximum atomic E-state index is 9.01. The summed E-state index contributed by atoms with van der Waals surface area (Å²) in [5, 5.41) is 13.3. The highest BCUT2D eigenvalue weighted by Crippen LogP contribution is 2.14. The average Bonchev–Trinajstić information content (AvgIpc) is 2.85. The molecule has 0 unspecified atom stereocenters. The summed E-state index contributed by atoms with van der Waals surface area (Å²) in [6, 6.07) is 9.87. The van der Waals surface area contributed by atoms with E-state index in [-0.39, 0.29) is 6.61 Å². The molecular weight excluding hydrogens is 216 g/mol. The standard InChI is InChI=1S/C13H16N2O2/c1-17-9-7-11-4-2-3-5-13(11)15-8-6-12(10-16)14-15/h2-6,8,16H,7,9-10H2,1H3. The quantitative estimate of drug-likeness (QED) is 0.851. The molecule has 4 heteroatoms. The van der Waals surface area contributed by atoms with E-state index in [0.717, 1.165) is 12.1 Å². The smallest absolute Gasteiger partial charge is 0.0883 e. The molecule has 0 radical (unpaired) electrons. The zero-order valence-corrected chi connectivity index (χ0v) is 9.84. The second kappa shape index (κ2) is 5.61. The molecular formula is C13H16N2O2. The van der Waals surface area contributed by atoms with Crippen LogP contribution in [0.4, 0.5) is 0 Å². The van der Waals surface area contributed by atoms with Crippen LogP contribution in [0.1, 0.15) is 11.3 Å². The van der Waals surface area contributed by atoms with E-state index in [0.29, 0.717) is 12.3 Å². The van der Waals surface area contributed by atoms with Crippen molar-refractivity contribution < 1.29 is 9.84 Å². The maximum absolute atomic E-state index is 9.01. The van der Waals surface area contributed by atoms with Crippen molar-refractivity contribution >= 4 is 0 Å². The fourth-order valence-corrected chi connectivity index (χ4v) is 1.74. The summed E-state index contributed by atoms with van der Waals surface area (Å²) >= 11 is 0. The van der Waals surface area contributed by atoms with Crippen molar-refractivity contribution in [3.8, 4) is 5.69 Å². The van der Waals surface area contributed by atoms with Crippen LogP contribution in [0.15, 0.2) is 36.5 Å². The summed E-state index contributed by atoms with van der Waals surface area (Å²) in [6.07, 6.45) is 2.71. The van der Waals surface area contributed by atoms with Gasteiger partial charge in [0.25, 0.3) is 0 Å². The summed E-state index contributed by atoms with van der Waals surface area (Å²) in [7, 11) is 1.69. The summed E-state index contributed by atoms with van der Waals surface area (Å²) in [6.45, 7) is 0.651. The first-order valence-corrected chi connectivity index (χ1v) is 5.58. The number of benzene rings is 1. The molecule has 0 aliphatic carbocycles. The van der Waals surface area contributed by atoms with Crippen molar-refractivity contribution in [1.29, 1.82) is 0 Å². The Hall–Kier alpha value is -1.65. The van der Waals surface area contributed by atoms with Crippen LogP contribution < -0.4 is 0 Å². The summed E-state index contributed by atoms with van der Waals surface area (Å²) in [4.78, 5) is 0. The number of aromatic nitrogens is 2.